The van der Waals surface area contributed by atoms with Crippen molar-refractivity contribution in [2.45, 2.75) is 5.92 Å². The van der Waals surface area contributed by atoms with Crippen LogP contribution in [0.3, 0.4) is 0 Å². The lowest BCUT2D eigenvalue weighted by Crippen LogP contribution is -2.06. The molecule has 0 saturated heterocycles. The molecule has 0 fully saturated rings. The molecule has 0 aliphatic rings. The first-order valence-corrected chi connectivity index (χ1v) is 13.2. The first-order valence-electron chi connectivity index (χ1n) is 12.4. The average Bonchev–Trinajstić information content (AvgIpc) is 3.61. The molecule has 37 heavy (non-hydrogen) atoms. The van der Waals surface area contributed by atoms with E-state index in [2.05, 4.69) is 119 Å². The Morgan fingerprint density at radius 3 is 2.24 bits per heavy atom. The molecule has 0 spiro atoms. The van der Waals surface area contributed by atoms with Crippen LogP contribution in [0.15, 0.2) is 133 Å². The van der Waals surface area contributed by atoms with Gasteiger partial charge in [-0.2, -0.15) is 0 Å². The minimum atomic E-state index is 0.0429. The van der Waals surface area contributed by atoms with Gasteiger partial charge in [0, 0.05) is 39.8 Å². The van der Waals surface area contributed by atoms with Gasteiger partial charge >= 0.3 is 0 Å². The number of hydrogen-bond acceptors (Lipinski definition) is 3. The molecule has 0 aliphatic heterocycles. The maximum absolute atomic E-state index is 4.75. The standard InChI is InChI=1S/C33H23N3S/c1-2-9-23(10-3-1)32(29-14-6-7-18-34-29)24-11-8-12-26(21-24)36-30-15-5-4-13-27(30)28-17-16-25(22-31(28)36)33-35-19-20-37-33/h1-22,32H. The molecule has 1 unspecified atom stereocenters. The second-order valence-corrected chi connectivity index (χ2v) is 10.0. The molecule has 0 radical (unpaired) electrons. The van der Waals surface area contributed by atoms with E-state index in [-0.39, 0.29) is 5.92 Å². The third-order valence-electron chi connectivity index (χ3n) is 6.93. The van der Waals surface area contributed by atoms with E-state index >= 15 is 0 Å². The topological polar surface area (TPSA) is 30.7 Å². The van der Waals surface area contributed by atoms with Gasteiger partial charge in [-0.1, -0.05) is 78.9 Å². The van der Waals surface area contributed by atoms with Crippen LogP contribution in [0, 0.1) is 0 Å². The summed E-state index contributed by atoms with van der Waals surface area (Å²) in [6.07, 6.45) is 3.74. The number of thiazole rings is 1. The maximum Gasteiger partial charge on any atom is 0.123 e. The van der Waals surface area contributed by atoms with E-state index in [9.17, 15) is 0 Å². The third kappa shape index (κ3) is 3.83. The Morgan fingerprint density at radius 2 is 1.41 bits per heavy atom. The fourth-order valence-electron chi connectivity index (χ4n) is 5.32. The Labute approximate surface area is 219 Å². The van der Waals surface area contributed by atoms with E-state index < -0.39 is 0 Å². The van der Waals surface area contributed by atoms with Crippen molar-refractivity contribution in [1.82, 2.24) is 14.5 Å². The summed E-state index contributed by atoms with van der Waals surface area (Å²) in [6.45, 7) is 0. The highest BCUT2D eigenvalue weighted by molar-refractivity contribution is 7.13. The molecular weight excluding hydrogens is 470 g/mol. The first-order chi connectivity index (χ1) is 18.4. The number of pyridine rings is 1. The van der Waals surface area contributed by atoms with Gasteiger partial charge < -0.3 is 4.57 Å². The molecule has 0 amide bonds. The van der Waals surface area contributed by atoms with Crippen molar-refractivity contribution in [2.24, 2.45) is 0 Å². The summed E-state index contributed by atoms with van der Waals surface area (Å²) in [5, 5.41) is 5.55. The molecule has 0 bridgehead atoms. The molecule has 4 heteroatoms. The zero-order valence-electron chi connectivity index (χ0n) is 20.0. The van der Waals surface area contributed by atoms with E-state index in [0.29, 0.717) is 0 Å². The first kappa shape index (κ1) is 21.7. The highest BCUT2D eigenvalue weighted by Crippen LogP contribution is 2.37. The largest absolute Gasteiger partial charge is 0.309 e. The monoisotopic (exact) mass is 493 g/mol. The number of para-hydroxylation sites is 1. The van der Waals surface area contributed by atoms with E-state index in [1.165, 1.54) is 32.9 Å². The Kier molecular flexibility index (Phi) is 5.38. The minimum Gasteiger partial charge on any atom is -0.309 e. The van der Waals surface area contributed by atoms with Gasteiger partial charge in [0.15, 0.2) is 0 Å². The summed E-state index contributed by atoms with van der Waals surface area (Å²) in [7, 11) is 0. The van der Waals surface area contributed by atoms with Crippen molar-refractivity contribution in [2.75, 3.05) is 0 Å². The Morgan fingerprint density at radius 1 is 0.595 bits per heavy atom. The molecule has 7 rings (SSSR count). The van der Waals surface area contributed by atoms with E-state index in [1.807, 2.05) is 23.8 Å². The minimum absolute atomic E-state index is 0.0429. The Bertz CT molecular complexity index is 1780. The Balaban J connectivity index is 1.46. The molecule has 7 aromatic rings. The molecule has 3 nitrogen and oxygen atoms in total. The lowest BCUT2D eigenvalue weighted by molar-refractivity contribution is 0.916. The molecule has 0 N–H and O–H groups in total. The van der Waals surface area contributed by atoms with Crippen LogP contribution < -0.4 is 0 Å². The molecular formula is C33H23N3S. The van der Waals surface area contributed by atoms with Crippen LogP contribution in [-0.2, 0) is 0 Å². The van der Waals surface area contributed by atoms with Crippen molar-refractivity contribution in [3.8, 4) is 16.3 Å². The Hall–Kier alpha value is -4.54. The van der Waals surface area contributed by atoms with Gasteiger partial charge in [0.25, 0.3) is 0 Å². The molecule has 3 heterocycles. The zero-order chi connectivity index (χ0) is 24.6. The van der Waals surface area contributed by atoms with Crippen LogP contribution in [0.25, 0.3) is 38.1 Å². The number of fused-ring (bicyclic) bond motifs is 3. The van der Waals surface area contributed by atoms with Crippen LogP contribution in [0.1, 0.15) is 22.7 Å². The number of nitrogens with zero attached hydrogens (tertiary/aromatic N) is 3. The molecule has 4 aromatic carbocycles. The van der Waals surface area contributed by atoms with Gasteiger partial charge in [-0.3, -0.25) is 4.98 Å². The number of aromatic nitrogens is 3. The van der Waals surface area contributed by atoms with Gasteiger partial charge in [-0.05, 0) is 47.5 Å². The second-order valence-electron chi connectivity index (χ2n) is 9.12. The van der Waals surface area contributed by atoms with E-state index in [0.717, 1.165) is 22.0 Å². The number of hydrogen-bond donors (Lipinski definition) is 0. The van der Waals surface area contributed by atoms with Gasteiger partial charge in [0.2, 0.25) is 0 Å². The van der Waals surface area contributed by atoms with E-state index in [4.69, 9.17) is 4.98 Å². The highest BCUT2D eigenvalue weighted by atomic mass is 32.1. The normalized spacial score (nSPS) is 12.2. The zero-order valence-corrected chi connectivity index (χ0v) is 20.8. The fraction of sp³-hybridized carbons (Fsp3) is 0.0303. The molecule has 0 aliphatic carbocycles. The summed E-state index contributed by atoms with van der Waals surface area (Å²) in [4.78, 5) is 9.31. The summed E-state index contributed by atoms with van der Waals surface area (Å²) in [6, 6.07) is 41.0. The van der Waals surface area contributed by atoms with Crippen molar-refractivity contribution < 1.29 is 0 Å². The van der Waals surface area contributed by atoms with Crippen LogP contribution in [0.5, 0.6) is 0 Å². The maximum atomic E-state index is 4.75. The van der Waals surface area contributed by atoms with Crippen molar-refractivity contribution in [1.29, 1.82) is 0 Å². The van der Waals surface area contributed by atoms with Gasteiger partial charge in [-0.25, -0.2) is 4.98 Å². The lowest BCUT2D eigenvalue weighted by Gasteiger charge is -2.19. The number of benzene rings is 4. The van der Waals surface area contributed by atoms with Crippen LogP contribution in [0.2, 0.25) is 0 Å². The summed E-state index contributed by atoms with van der Waals surface area (Å²) in [5.74, 6) is 0.0429. The smallest absolute Gasteiger partial charge is 0.123 e. The second kappa shape index (κ2) is 9.16. The molecule has 176 valence electrons. The van der Waals surface area contributed by atoms with Crippen LogP contribution in [-0.4, -0.2) is 14.5 Å². The SMILES string of the molecule is c1ccc(C(c2cccc(-n3c4ccccc4c4ccc(-c5nccs5)cc43)c2)c2ccccn2)cc1. The number of rotatable bonds is 5. The summed E-state index contributed by atoms with van der Waals surface area (Å²) < 4.78 is 2.38. The third-order valence-corrected chi connectivity index (χ3v) is 7.75. The van der Waals surface area contributed by atoms with Crippen molar-refractivity contribution >= 4 is 33.1 Å². The van der Waals surface area contributed by atoms with Gasteiger partial charge in [-0.15, -0.1) is 11.3 Å². The van der Waals surface area contributed by atoms with Crippen molar-refractivity contribution in [3.05, 3.63) is 150 Å². The van der Waals surface area contributed by atoms with Crippen molar-refractivity contribution in [3.63, 3.8) is 0 Å². The summed E-state index contributed by atoms with van der Waals surface area (Å²) in [5.41, 5.74) is 8.13. The summed E-state index contributed by atoms with van der Waals surface area (Å²) >= 11 is 1.67. The van der Waals surface area contributed by atoms with Crippen LogP contribution >= 0.6 is 11.3 Å². The average molecular weight is 494 g/mol. The van der Waals surface area contributed by atoms with Crippen LogP contribution in [0.4, 0.5) is 0 Å². The fourth-order valence-corrected chi connectivity index (χ4v) is 5.95. The molecule has 0 saturated carbocycles. The van der Waals surface area contributed by atoms with Gasteiger partial charge in [0.05, 0.1) is 22.6 Å². The lowest BCUT2D eigenvalue weighted by atomic mass is 9.88. The predicted molar refractivity (Wildman–Crippen MR) is 154 cm³/mol. The predicted octanol–water partition coefficient (Wildman–Crippen LogP) is 8.48. The van der Waals surface area contributed by atoms with Gasteiger partial charge in [0.1, 0.15) is 5.01 Å². The quantitative estimate of drug-likeness (QED) is 0.241. The highest BCUT2D eigenvalue weighted by Gasteiger charge is 2.20. The molecule has 1 atom stereocenters. The van der Waals surface area contributed by atoms with E-state index in [1.54, 1.807) is 11.3 Å². The molecule has 3 aromatic heterocycles.